The summed E-state index contributed by atoms with van der Waals surface area (Å²) in [5, 5.41) is 3.64. The van der Waals surface area contributed by atoms with E-state index in [1.165, 1.54) is 5.56 Å². The zero-order valence-electron chi connectivity index (χ0n) is 12.2. The number of pyridine rings is 1. The number of rotatable bonds is 4. The Kier molecular flexibility index (Phi) is 4.34. The normalized spacial score (nSPS) is 31.6. The fourth-order valence-corrected chi connectivity index (χ4v) is 3.55. The second kappa shape index (κ2) is 6.20. The van der Waals surface area contributed by atoms with Crippen molar-refractivity contribution in [2.45, 2.75) is 37.8 Å². The minimum Gasteiger partial charge on any atom is -0.378 e. The monoisotopic (exact) mass is 276 g/mol. The van der Waals surface area contributed by atoms with Crippen LogP contribution in [0.15, 0.2) is 24.5 Å². The van der Waals surface area contributed by atoms with Crippen LogP contribution >= 0.6 is 0 Å². The Bertz CT molecular complexity index is 418. The summed E-state index contributed by atoms with van der Waals surface area (Å²) in [7, 11) is 0. The topological polar surface area (TPSA) is 43.4 Å². The zero-order chi connectivity index (χ0) is 13.8. The molecule has 1 N–H and O–H groups in total. The predicted octanol–water partition coefficient (Wildman–Crippen LogP) is 2.32. The van der Waals surface area contributed by atoms with E-state index < -0.39 is 0 Å². The molecule has 2 aliphatic heterocycles. The summed E-state index contributed by atoms with van der Waals surface area (Å²) in [6, 6.07) is 4.57. The third-order valence-electron chi connectivity index (χ3n) is 4.54. The van der Waals surface area contributed by atoms with Crippen LogP contribution in [0.1, 0.15) is 37.8 Å². The molecule has 3 unspecified atom stereocenters. The van der Waals surface area contributed by atoms with Crippen molar-refractivity contribution in [2.24, 2.45) is 5.92 Å². The van der Waals surface area contributed by atoms with Gasteiger partial charge in [0.25, 0.3) is 0 Å². The van der Waals surface area contributed by atoms with Gasteiger partial charge in [0.2, 0.25) is 0 Å². The molecular weight excluding hydrogens is 252 g/mol. The van der Waals surface area contributed by atoms with E-state index in [4.69, 9.17) is 9.47 Å². The standard InChI is InChI=1S/C16H24N2O2/c1-2-18-15(14-4-3-7-17-11-14)13-5-8-20-16(10-13)6-9-19-12-16/h3-4,7,11,13,15,18H,2,5-6,8-10,12H2,1H3. The fraction of sp³-hybridized carbons (Fsp3) is 0.688. The number of nitrogens with one attached hydrogen (secondary N) is 1. The average molecular weight is 276 g/mol. The maximum absolute atomic E-state index is 6.05. The molecule has 2 aliphatic rings. The van der Waals surface area contributed by atoms with Gasteiger partial charge in [0, 0.05) is 38.1 Å². The Morgan fingerprint density at radius 3 is 3.15 bits per heavy atom. The molecule has 3 atom stereocenters. The van der Waals surface area contributed by atoms with Gasteiger partial charge in [-0.3, -0.25) is 4.98 Å². The summed E-state index contributed by atoms with van der Waals surface area (Å²) in [5.74, 6) is 0.592. The highest BCUT2D eigenvalue weighted by Crippen LogP contribution is 2.40. The first kappa shape index (κ1) is 14.0. The van der Waals surface area contributed by atoms with Crippen molar-refractivity contribution in [1.29, 1.82) is 0 Å². The van der Waals surface area contributed by atoms with E-state index in [0.717, 1.165) is 45.6 Å². The molecule has 2 saturated heterocycles. The molecule has 0 aliphatic carbocycles. The van der Waals surface area contributed by atoms with Crippen LogP contribution in [0.5, 0.6) is 0 Å². The smallest absolute Gasteiger partial charge is 0.0940 e. The lowest BCUT2D eigenvalue weighted by atomic mass is 9.79. The molecule has 0 bridgehead atoms. The first-order valence-corrected chi connectivity index (χ1v) is 7.68. The van der Waals surface area contributed by atoms with Crippen LogP contribution in [-0.4, -0.2) is 37.0 Å². The van der Waals surface area contributed by atoms with E-state index in [-0.39, 0.29) is 5.60 Å². The molecule has 1 aromatic heterocycles. The van der Waals surface area contributed by atoms with Crippen LogP contribution in [-0.2, 0) is 9.47 Å². The average Bonchev–Trinajstić information content (AvgIpc) is 2.93. The van der Waals surface area contributed by atoms with Crippen molar-refractivity contribution in [3.63, 3.8) is 0 Å². The minimum atomic E-state index is -0.0290. The van der Waals surface area contributed by atoms with Crippen molar-refractivity contribution < 1.29 is 9.47 Å². The van der Waals surface area contributed by atoms with Gasteiger partial charge in [0.1, 0.15) is 0 Å². The van der Waals surface area contributed by atoms with Gasteiger partial charge in [-0.25, -0.2) is 0 Å². The zero-order valence-corrected chi connectivity index (χ0v) is 12.2. The quantitative estimate of drug-likeness (QED) is 0.916. The highest BCUT2D eigenvalue weighted by atomic mass is 16.6. The third kappa shape index (κ3) is 2.87. The Morgan fingerprint density at radius 1 is 1.50 bits per heavy atom. The molecule has 0 radical (unpaired) electrons. The Labute approximate surface area is 120 Å². The van der Waals surface area contributed by atoms with Gasteiger partial charge in [-0.1, -0.05) is 13.0 Å². The first-order valence-electron chi connectivity index (χ1n) is 7.68. The number of hydrogen-bond donors (Lipinski definition) is 1. The molecule has 4 nitrogen and oxygen atoms in total. The molecule has 0 aromatic carbocycles. The Morgan fingerprint density at radius 2 is 2.45 bits per heavy atom. The lowest BCUT2D eigenvalue weighted by Gasteiger charge is -2.40. The predicted molar refractivity (Wildman–Crippen MR) is 77.5 cm³/mol. The van der Waals surface area contributed by atoms with E-state index in [9.17, 15) is 0 Å². The number of hydrogen-bond acceptors (Lipinski definition) is 4. The molecule has 110 valence electrons. The summed E-state index contributed by atoms with van der Waals surface area (Å²) in [4.78, 5) is 4.28. The van der Waals surface area contributed by atoms with Crippen molar-refractivity contribution in [3.8, 4) is 0 Å². The van der Waals surface area contributed by atoms with Crippen LogP contribution in [0.3, 0.4) is 0 Å². The van der Waals surface area contributed by atoms with E-state index in [2.05, 4.69) is 23.3 Å². The van der Waals surface area contributed by atoms with Crippen molar-refractivity contribution in [2.75, 3.05) is 26.4 Å². The van der Waals surface area contributed by atoms with Crippen molar-refractivity contribution in [1.82, 2.24) is 10.3 Å². The maximum atomic E-state index is 6.05. The Balaban J connectivity index is 1.77. The summed E-state index contributed by atoms with van der Waals surface area (Å²) < 4.78 is 11.6. The fourth-order valence-electron chi connectivity index (χ4n) is 3.55. The van der Waals surface area contributed by atoms with Crippen LogP contribution in [0, 0.1) is 5.92 Å². The second-order valence-corrected chi connectivity index (χ2v) is 5.91. The minimum absolute atomic E-state index is 0.0290. The lowest BCUT2D eigenvalue weighted by Crippen LogP contribution is -2.44. The second-order valence-electron chi connectivity index (χ2n) is 5.91. The van der Waals surface area contributed by atoms with Crippen LogP contribution in [0.25, 0.3) is 0 Å². The van der Waals surface area contributed by atoms with Gasteiger partial charge in [-0.15, -0.1) is 0 Å². The van der Waals surface area contributed by atoms with Crippen molar-refractivity contribution in [3.05, 3.63) is 30.1 Å². The largest absolute Gasteiger partial charge is 0.378 e. The molecule has 0 saturated carbocycles. The first-order chi connectivity index (χ1) is 9.83. The summed E-state index contributed by atoms with van der Waals surface area (Å²) in [6.45, 7) is 5.58. The van der Waals surface area contributed by atoms with Gasteiger partial charge in [-0.2, -0.15) is 0 Å². The molecule has 3 heterocycles. The van der Waals surface area contributed by atoms with Gasteiger partial charge in [0.05, 0.1) is 12.2 Å². The van der Waals surface area contributed by atoms with Gasteiger partial charge in [0.15, 0.2) is 0 Å². The summed E-state index contributed by atoms with van der Waals surface area (Å²) >= 11 is 0. The molecular formula is C16H24N2O2. The van der Waals surface area contributed by atoms with E-state index in [0.29, 0.717) is 12.0 Å². The molecule has 0 amide bonds. The van der Waals surface area contributed by atoms with Gasteiger partial charge < -0.3 is 14.8 Å². The Hall–Kier alpha value is -0.970. The molecule has 20 heavy (non-hydrogen) atoms. The molecule has 1 spiro atoms. The van der Waals surface area contributed by atoms with Crippen LogP contribution < -0.4 is 5.32 Å². The van der Waals surface area contributed by atoms with Crippen LogP contribution in [0.2, 0.25) is 0 Å². The third-order valence-corrected chi connectivity index (χ3v) is 4.54. The van der Waals surface area contributed by atoms with E-state index >= 15 is 0 Å². The van der Waals surface area contributed by atoms with E-state index in [1.807, 2.05) is 18.5 Å². The number of ether oxygens (including phenoxy) is 2. The highest BCUT2D eigenvalue weighted by molar-refractivity contribution is 5.16. The lowest BCUT2D eigenvalue weighted by molar-refractivity contribution is -0.103. The van der Waals surface area contributed by atoms with Crippen molar-refractivity contribution >= 4 is 0 Å². The van der Waals surface area contributed by atoms with Crippen LogP contribution in [0.4, 0.5) is 0 Å². The summed E-state index contributed by atoms with van der Waals surface area (Å²) in [6.07, 6.45) is 7.05. The van der Waals surface area contributed by atoms with E-state index in [1.54, 1.807) is 0 Å². The SMILES string of the molecule is CCNC(c1cccnc1)C1CCOC2(CCOC2)C1. The highest BCUT2D eigenvalue weighted by Gasteiger charge is 2.43. The summed E-state index contributed by atoms with van der Waals surface area (Å²) in [5.41, 5.74) is 1.26. The molecule has 1 aromatic rings. The van der Waals surface area contributed by atoms with Gasteiger partial charge in [-0.05, 0) is 36.9 Å². The molecule has 3 rings (SSSR count). The molecule has 2 fully saturated rings. The molecule has 4 heteroatoms. The number of aromatic nitrogens is 1. The number of nitrogens with zero attached hydrogens (tertiary/aromatic N) is 1. The maximum Gasteiger partial charge on any atom is 0.0940 e. The van der Waals surface area contributed by atoms with Gasteiger partial charge >= 0.3 is 0 Å².